The van der Waals surface area contributed by atoms with Gasteiger partial charge in [-0.15, -0.1) is 0 Å². The molecule has 3 aromatic rings. The second kappa shape index (κ2) is 9.11. The third kappa shape index (κ3) is 3.95. The van der Waals surface area contributed by atoms with Crippen molar-refractivity contribution in [2.24, 2.45) is 0 Å². The number of para-hydroxylation sites is 1. The maximum absolute atomic E-state index is 13.1. The molecule has 7 nitrogen and oxygen atoms in total. The number of carbonyl (C=O) groups excluding carboxylic acids is 1. The van der Waals surface area contributed by atoms with Gasteiger partial charge in [0.2, 0.25) is 5.78 Å². The predicted molar refractivity (Wildman–Crippen MR) is 127 cm³/mol. The Balaban J connectivity index is 1.40. The summed E-state index contributed by atoms with van der Waals surface area (Å²) in [5.41, 5.74) is 3.24. The van der Waals surface area contributed by atoms with Crippen LogP contribution in [0, 0.1) is 0 Å². The van der Waals surface area contributed by atoms with Crippen molar-refractivity contribution in [3.8, 4) is 28.7 Å². The van der Waals surface area contributed by atoms with Crippen LogP contribution in [0.15, 0.2) is 60.4 Å². The van der Waals surface area contributed by atoms with Crippen LogP contribution in [-0.4, -0.2) is 38.7 Å². The van der Waals surface area contributed by atoms with Crippen molar-refractivity contribution in [3.63, 3.8) is 0 Å². The number of Topliss-reactive ketones (excluding diaryl/α,β-unsaturated/α-hetero) is 1. The Morgan fingerprint density at radius 2 is 1.74 bits per heavy atom. The van der Waals surface area contributed by atoms with Gasteiger partial charge in [0.05, 0.1) is 32.5 Å². The standard InChI is InChI=1S/C27H25NO6/c1-30-21-7-5-4-6-18(21)13-25-26(29)19-9-11-22-20(27(19)34-25)15-28(16-33-22)14-17-8-10-23(31-2)24(12-17)32-3/h4-13H,14-16H2,1-3H3/b25-13-. The van der Waals surface area contributed by atoms with E-state index in [1.165, 1.54) is 0 Å². The Hall–Kier alpha value is -3.97. The molecule has 0 radical (unpaired) electrons. The fourth-order valence-electron chi connectivity index (χ4n) is 4.27. The molecule has 0 saturated heterocycles. The lowest BCUT2D eigenvalue weighted by atomic mass is 10.0. The summed E-state index contributed by atoms with van der Waals surface area (Å²) >= 11 is 0. The highest BCUT2D eigenvalue weighted by Crippen LogP contribution is 2.42. The van der Waals surface area contributed by atoms with Crippen molar-refractivity contribution in [3.05, 3.63) is 82.6 Å². The van der Waals surface area contributed by atoms with Crippen LogP contribution in [0.3, 0.4) is 0 Å². The molecule has 3 aromatic carbocycles. The number of ether oxygens (including phenoxy) is 5. The zero-order chi connectivity index (χ0) is 23.7. The molecule has 0 amide bonds. The molecule has 0 aliphatic carbocycles. The Morgan fingerprint density at radius 3 is 2.53 bits per heavy atom. The molecule has 0 saturated carbocycles. The summed E-state index contributed by atoms with van der Waals surface area (Å²) in [6.45, 7) is 1.65. The molecule has 7 heteroatoms. The van der Waals surface area contributed by atoms with Gasteiger partial charge in [-0.25, -0.2) is 0 Å². The molecular weight excluding hydrogens is 434 g/mol. The van der Waals surface area contributed by atoms with Crippen LogP contribution in [0.2, 0.25) is 0 Å². The van der Waals surface area contributed by atoms with Gasteiger partial charge < -0.3 is 23.7 Å². The van der Waals surface area contributed by atoms with Gasteiger partial charge in [0, 0.05) is 18.7 Å². The third-order valence-corrected chi connectivity index (χ3v) is 5.96. The van der Waals surface area contributed by atoms with E-state index in [1.807, 2.05) is 48.5 Å². The molecule has 0 spiro atoms. The molecule has 0 fully saturated rings. The first-order valence-electron chi connectivity index (χ1n) is 10.9. The van der Waals surface area contributed by atoms with Crippen LogP contribution in [-0.2, 0) is 13.1 Å². The maximum Gasteiger partial charge on any atom is 0.231 e. The van der Waals surface area contributed by atoms with Gasteiger partial charge >= 0.3 is 0 Å². The summed E-state index contributed by atoms with van der Waals surface area (Å²) in [6, 6.07) is 17.0. The fraction of sp³-hybridized carbons (Fsp3) is 0.222. The molecular formula is C27H25NO6. The van der Waals surface area contributed by atoms with E-state index in [0.717, 1.165) is 22.4 Å². The largest absolute Gasteiger partial charge is 0.496 e. The van der Waals surface area contributed by atoms with Crippen LogP contribution >= 0.6 is 0 Å². The third-order valence-electron chi connectivity index (χ3n) is 5.96. The van der Waals surface area contributed by atoms with Crippen molar-refractivity contribution in [1.82, 2.24) is 4.90 Å². The molecule has 174 valence electrons. The number of ketones is 1. The van der Waals surface area contributed by atoms with Crippen LogP contribution < -0.4 is 23.7 Å². The number of fused-ring (bicyclic) bond motifs is 3. The second-order valence-electron chi connectivity index (χ2n) is 8.05. The van der Waals surface area contributed by atoms with E-state index >= 15 is 0 Å². The summed E-state index contributed by atoms with van der Waals surface area (Å²) in [7, 11) is 4.84. The SMILES string of the molecule is COc1ccccc1/C=C1\Oc2c(ccc3c2CN(Cc2ccc(OC)c(OC)c2)CO3)C1=O. The van der Waals surface area contributed by atoms with Crippen molar-refractivity contribution in [2.45, 2.75) is 13.1 Å². The molecule has 0 atom stereocenters. The molecule has 2 heterocycles. The minimum atomic E-state index is -0.152. The van der Waals surface area contributed by atoms with Gasteiger partial charge in [-0.1, -0.05) is 24.3 Å². The van der Waals surface area contributed by atoms with Gasteiger partial charge in [-0.05, 0) is 42.0 Å². The van der Waals surface area contributed by atoms with E-state index in [9.17, 15) is 4.79 Å². The lowest BCUT2D eigenvalue weighted by Gasteiger charge is -2.29. The quantitative estimate of drug-likeness (QED) is 0.496. The van der Waals surface area contributed by atoms with Crippen LogP contribution in [0.25, 0.3) is 6.08 Å². The topological polar surface area (TPSA) is 66.5 Å². The molecule has 34 heavy (non-hydrogen) atoms. The molecule has 2 aliphatic heterocycles. The minimum absolute atomic E-state index is 0.152. The zero-order valence-corrected chi connectivity index (χ0v) is 19.3. The molecule has 0 N–H and O–H groups in total. The van der Waals surface area contributed by atoms with E-state index in [2.05, 4.69) is 4.90 Å². The Morgan fingerprint density at radius 1 is 0.941 bits per heavy atom. The van der Waals surface area contributed by atoms with Crippen molar-refractivity contribution in [1.29, 1.82) is 0 Å². The first-order valence-corrected chi connectivity index (χ1v) is 10.9. The van der Waals surface area contributed by atoms with Crippen molar-refractivity contribution >= 4 is 11.9 Å². The summed E-state index contributed by atoms with van der Waals surface area (Å²) < 4.78 is 28.3. The number of hydrogen-bond acceptors (Lipinski definition) is 7. The van der Waals surface area contributed by atoms with Gasteiger partial charge in [-0.2, -0.15) is 0 Å². The summed E-state index contributed by atoms with van der Waals surface area (Å²) in [6.07, 6.45) is 1.72. The molecule has 0 bridgehead atoms. The lowest BCUT2D eigenvalue weighted by molar-refractivity contribution is 0.0872. The highest BCUT2D eigenvalue weighted by Gasteiger charge is 2.33. The monoisotopic (exact) mass is 459 g/mol. The first-order chi connectivity index (χ1) is 16.6. The number of nitrogens with zero attached hydrogens (tertiary/aromatic N) is 1. The number of methoxy groups -OCH3 is 3. The summed E-state index contributed by atoms with van der Waals surface area (Å²) in [5.74, 6) is 3.44. The maximum atomic E-state index is 13.1. The first kappa shape index (κ1) is 21.9. The number of allylic oxidation sites excluding steroid dienone is 1. The van der Waals surface area contributed by atoms with Crippen molar-refractivity contribution < 1.29 is 28.5 Å². The van der Waals surface area contributed by atoms with E-state index in [1.54, 1.807) is 33.5 Å². The second-order valence-corrected chi connectivity index (χ2v) is 8.05. The predicted octanol–water partition coefficient (Wildman–Crippen LogP) is 4.68. The Kier molecular flexibility index (Phi) is 5.86. The molecule has 0 aromatic heterocycles. The lowest BCUT2D eigenvalue weighted by Crippen LogP contribution is -2.31. The normalized spacial score (nSPS) is 15.9. The zero-order valence-electron chi connectivity index (χ0n) is 19.3. The van der Waals surface area contributed by atoms with Gasteiger partial charge in [-0.3, -0.25) is 9.69 Å². The van der Waals surface area contributed by atoms with Gasteiger partial charge in [0.25, 0.3) is 0 Å². The fourth-order valence-corrected chi connectivity index (χ4v) is 4.27. The van der Waals surface area contributed by atoms with Crippen molar-refractivity contribution in [2.75, 3.05) is 28.1 Å². The summed E-state index contributed by atoms with van der Waals surface area (Å²) in [4.78, 5) is 15.2. The molecule has 0 unspecified atom stereocenters. The highest BCUT2D eigenvalue weighted by molar-refractivity contribution is 6.15. The van der Waals surface area contributed by atoms with Gasteiger partial charge in [0.1, 0.15) is 24.0 Å². The average molecular weight is 459 g/mol. The number of benzene rings is 3. The average Bonchev–Trinajstić information content (AvgIpc) is 3.19. The number of hydrogen-bond donors (Lipinski definition) is 0. The molecule has 2 aliphatic rings. The van der Waals surface area contributed by atoms with E-state index < -0.39 is 0 Å². The minimum Gasteiger partial charge on any atom is -0.496 e. The number of rotatable bonds is 6. The van der Waals surface area contributed by atoms with Crippen LogP contribution in [0.4, 0.5) is 0 Å². The van der Waals surface area contributed by atoms with E-state index in [4.69, 9.17) is 23.7 Å². The summed E-state index contributed by atoms with van der Waals surface area (Å²) in [5, 5.41) is 0. The number of carbonyl (C=O) groups is 1. The van der Waals surface area contributed by atoms with E-state index in [-0.39, 0.29) is 11.5 Å². The van der Waals surface area contributed by atoms with Gasteiger partial charge in [0.15, 0.2) is 17.3 Å². The smallest absolute Gasteiger partial charge is 0.231 e. The Labute approximate surface area is 198 Å². The van der Waals surface area contributed by atoms with Crippen LogP contribution in [0.5, 0.6) is 28.7 Å². The van der Waals surface area contributed by atoms with Crippen LogP contribution in [0.1, 0.15) is 27.0 Å². The molecule has 5 rings (SSSR count). The Bertz CT molecular complexity index is 1280. The van der Waals surface area contributed by atoms with E-state index in [0.29, 0.717) is 48.4 Å². The highest BCUT2D eigenvalue weighted by atomic mass is 16.5.